The van der Waals surface area contributed by atoms with Crippen LogP contribution < -0.4 is 15.0 Å². The largest absolute Gasteiger partial charge is 0.493 e. The summed E-state index contributed by atoms with van der Waals surface area (Å²) in [5.41, 5.74) is 1.70. The Morgan fingerprint density at radius 1 is 1.23 bits per heavy atom. The highest BCUT2D eigenvalue weighted by Gasteiger charge is 2.34. The fraction of sp³-hybridized carbons (Fsp3) is 0.364. The summed E-state index contributed by atoms with van der Waals surface area (Å²) in [7, 11) is 0. The fourth-order valence-electron chi connectivity index (χ4n) is 3.55. The normalized spacial score (nSPS) is 13.7. The monoisotopic (exact) mass is 411 g/mol. The van der Waals surface area contributed by atoms with Crippen LogP contribution in [0.25, 0.3) is 0 Å². The number of nitrogens with one attached hydrogen (secondary N) is 1. The van der Waals surface area contributed by atoms with Gasteiger partial charge in [-0.25, -0.2) is 0 Å². The minimum atomic E-state index is -0.780. The van der Waals surface area contributed by atoms with Crippen LogP contribution in [0.15, 0.2) is 42.5 Å². The summed E-state index contributed by atoms with van der Waals surface area (Å²) in [4.78, 5) is 38.4. The molecule has 2 amide bonds. The van der Waals surface area contributed by atoms with E-state index >= 15 is 0 Å². The van der Waals surface area contributed by atoms with Gasteiger partial charge in [-0.1, -0.05) is 32.0 Å². The van der Waals surface area contributed by atoms with E-state index in [-0.39, 0.29) is 17.5 Å². The van der Waals surface area contributed by atoms with Crippen molar-refractivity contribution < 1.29 is 19.2 Å². The maximum absolute atomic E-state index is 13.3. The Labute approximate surface area is 175 Å². The van der Waals surface area contributed by atoms with Crippen LogP contribution >= 0.6 is 0 Å². The molecular formula is C22H25N3O5. The van der Waals surface area contributed by atoms with Crippen molar-refractivity contribution >= 4 is 23.2 Å². The van der Waals surface area contributed by atoms with E-state index in [1.165, 1.54) is 17.0 Å². The van der Waals surface area contributed by atoms with Crippen LogP contribution in [-0.2, 0) is 11.2 Å². The number of amides is 2. The maximum Gasteiger partial charge on any atom is 0.271 e. The number of ether oxygens (including phenoxy) is 1. The molecular weight excluding hydrogens is 386 g/mol. The molecule has 0 saturated heterocycles. The highest BCUT2D eigenvalue weighted by molar-refractivity contribution is 6.04. The summed E-state index contributed by atoms with van der Waals surface area (Å²) in [6.07, 6.45) is 0.616. The molecule has 1 heterocycles. The quantitative estimate of drug-likeness (QED) is 0.556. The molecule has 0 bridgehead atoms. The Morgan fingerprint density at radius 2 is 1.97 bits per heavy atom. The number of hydrogen-bond acceptors (Lipinski definition) is 5. The Kier molecular flexibility index (Phi) is 6.34. The highest BCUT2D eigenvalue weighted by atomic mass is 16.6. The number of nitrogens with zero attached hydrogens (tertiary/aromatic N) is 2. The van der Waals surface area contributed by atoms with Gasteiger partial charge in [0.05, 0.1) is 22.8 Å². The number of carbonyl (C=O) groups is 2. The van der Waals surface area contributed by atoms with Crippen LogP contribution in [0.4, 0.5) is 11.4 Å². The zero-order valence-electron chi connectivity index (χ0n) is 17.3. The van der Waals surface area contributed by atoms with E-state index in [0.717, 1.165) is 5.56 Å². The first kappa shape index (κ1) is 21.3. The van der Waals surface area contributed by atoms with Gasteiger partial charge in [-0.15, -0.1) is 0 Å². The van der Waals surface area contributed by atoms with Crippen molar-refractivity contribution in [3.63, 3.8) is 0 Å². The molecule has 8 nitrogen and oxygen atoms in total. The molecule has 2 aromatic rings. The lowest BCUT2D eigenvalue weighted by Crippen LogP contribution is -2.51. The number of fused-ring (bicyclic) bond motifs is 1. The minimum Gasteiger partial charge on any atom is -0.493 e. The van der Waals surface area contributed by atoms with Crippen molar-refractivity contribution in [2.45, 2.75) is 33.2 Å². The van der Waals surface area contributed by atoms with Gasteiger partial charge in [-0.2, -0.15) is 0 Å². The number of anilines is 1. The topological polar surface area (TPSA) is 102 Å². The van der Waals surface area contributed by atoms with Crippen LogP contribution in [0.1, 0.15) is 36.7 Å². The van der Waals surface area contributed by atoms with Gasteiger partial charge in [0, 0.05) is 18.7 Å². The van der Waals surface area contributed by atoms with Gasteiger partial charge in [-0.05, 0) is 37.0 Å². The van der Waals surface area contributed by atoms with E-state index in [1.807, 2.05) is 20.8 Å². The van der Waals surface area contributed by atoms with E-state index in [4.69, 9.17) is 4.74 Å². The third kappa shape index (κ3) is 4.27. The van der Waals surface area contributed by atoms with Crippen molar-refractivity contribution in [3.8, 4) is 5.75 Å². The van der Waals surface area contributed by atoms with Crippen molar-refractivity contribution in [1.82, 2.24) is 5.32 Å². The molecule has 1 atom stereocenters. The lowest BCUT2D eigenvalue weighted by Gasteiger charge is -2.27. The third-order valence-corrected chi connectivity index (χ3v) is 5.09. The number of nitro benzene ring substituents is 1. The number of para-hydroxylation sites is 1. The first-order valence-corrected chi connectivity index (χ1v) is 9.94. The van der Waals surface area contributed by atoms with Gasteiger partial charge < -0.3 is 15.0 Å². The smallest absolute Gasteiger partial charge is 0.271 e. The summed E-state index contributed by atoms with van der Waals surface area (Å²) < 4.78 is 5.52. The van der Waals surface area contributed by atoms with E-state index in [9.17, 15) is 19.7 Å². The molecule has 3 rings (SSSR count). The average molecular weight is 411 g/mol. The first-order chi connectivity index (χ1) is 14.3. The van der Waals surface area contributed by atoms with E-state index in [2.05, 4.69) is 5.32 Å². The van der Waals surface area contributed by atoms with E-state index in [1.54, 1.807) is 30.3 Å². The second kappa shape index (κ2) is 8.94. The maximum atomic E-state index is 13.3. The predicted octanol–water partition coefficient (Wildman–Crippen LogP) is 3.34. The second-order valence-corrected chi connectivity index (χ2v) is 7.43. The Hall–Kier alpha value is -3.42. The highest BCUT2D eigenvalue weighted by Crippen LogP contribution is 2.32. The molecule has 8 heteroatoms. The van der Waals surface area contributed by atoms with Crippen LogP contribution in [0.5, 0.6) is 5.75 Å². The summed E-state index contributed by atoms with van der Waals surface area (Å²) in [6.45, 7) is 6.37. The molecule has 1 aliphatic rings. The summed E-state index contributed by atoms with van der Waals surface area (Å²) in [6, 6.07) is 10.6. The SMILES string of the molecule is CCOc1ccccc1C(=O)NC(C(=O)N1CCc2ccc([N+](=O)[O-])cc21)C(C)C. The summed E-state index contributed by atoms with van der Waals surface area (Å²) in [5, 5.41) is 14.0. The molecule has 0 radical (unpaired) electrons. The van der Waals surface area contributed by atoms with Crippen LogP contribution in [0, 0.1) is 16.0 Å². The number of nitro groups is 1. The summed E-state index contributed by atoms with van der Waals surface area (Å²) in [5.74, 6) is -0.408. The Balaban J connectivity index is 1.85. The standard InChI is InChI=1S/C22H25N3O5/c1-4-30-19-8-6-5-7-17(19)21(26)23-20(14(2)3)22(27)24-12-11-15-9-10-16(25(28)29)13-18(15)24/h5-10,13-14,20H,4,11-12H2,1-3H3,(H,23,26). The molecule has 1 unspecified atom stereocenters. The Morgan fingerprint density at radius 3 is 2.63 bits per heavy atom. The minimum absolute atomic E-state index is 0.0655. The van der Waals surface area contributed by atoms with E-state index < -0.39 is 16.9 Å². The van der Waals surface area contributed by atoms with Crippen LogP contribution in [-0.4, -0.2) is 35.9 Å². The second-order valence-electron chi connectivity index (χ2n) is 7.43. The number of non-ortho nitro benzene ring substituents is 1. The lowest BCUT2D eigenvalue weighted by atomic mass is 10.0. The zero-order chi connectivity index (χ0) is 21.8. The molecule has 1 aliphatic heterocycles. The lowest BCUT2D eigenvalue weighted by molar-refractivity contribution is -0.384. The van der Waals surface area contributed by atoms with Gasteiger partial charge in [0.15, 0.2) is 0 Å². The van der Waals surface area contributed by atoms with Crippen molar-refractivity contribution in [3.05, 3.63) is 63.7 Å². The third-order valence-electron chi connectivity index (χ3n) is 5.09. The van der Waals surface area contributed by atoms with Crippen molar-refractivity contribution in [1.29, 1.82) is 0 Å². The van der Waals surface area contributed by atoms with Gasteiger partial charge in [0.2, 0.25) is 5.91 Å². The molecule has 0 fully saturated rings. The van der Waals surface area contributed by atoms with Gasteiger partial charge >= 0.3 is 0 Å². The van der Waals surface area contributed by atoms with Crippen LogP contribution in [0.2, 0.25) is 0 Å². The van der Waals surface area contributed by atoms with Crippen molar-refractivity contribution in [2.75, 3.05) is 18.1 Å². The fourth-order valence-corrected chi connectivity index (χ4v) is 3.55. The molecule has 30 heavy (non-hydrogen) atoms. The zero-order valence-corrected chi connectivity index (χ0v) is 17.3. The van der Waals surface area contributed by atoms with Gasteiger partial charge in [0.25, 0.3) is 11.6 Å². The molecule has 1 N–H and O–H groups in total. The number of hydrogen-bond donors (Lipinski definition) is 1. The Bertz CT molecular complexity index is 973. The predicted molar refractivity (Wildman–Crippen MR) is 113 cm³/mol. The average Bonchev–Trinajstić information content (AvgIpc) is 3.15. The van der Waals surface area contributed by atoms with Gasteiger partial charge in [0.1, 0.15) is 11.8 Å². The number of carbonyl (C=O) groups excluding carboxylic acids is 2. The number of benzene rings is 2. The molecule has 158 valence electrons. The van der Waals surface area contributed by atoms with E-state index in [0.29, 0.717) is 36.6 Å². The summed E-state index contributed by atoms with van der Waals surface area (Å²) >= 11 is 0. The molecule has 0 aromatic heterocycles. The van der Waals surface area contributed by atoms with Crippen molar-refractivity contribution in [2.24, 2.45) is 5.92 Å². The van der Waals surface area contributed by atoms with Crippen LogP contribution in [0.3, 0.4) is 0 Å². The molecule has 0 spiro atoms. The first-order valence-electron chi connectivity index (χ1n) is 9.94. The molecule has 0 saturated carbocycles. The molecule has 2 aromatic carbocycles. The molecule has 0 aliphatic carbocycles. The number of rotatable bonds is 7. The van der Waals surface area contributed by atoms with Gasteiger partial charge in [-0.3, -0.25) is 19.7 Å².